The second-order valence-corrected chi connectivity index (χ2v) is 5.21. The van der Waals surface area contributed by atoms with Crippen LogP contribution in [0.15, 0.2) is 12.1 Å². The minimum Gasteiger partial charge on any atom is -0.478 e. The van der Waals surface area contributed by atoms with Crippen LogP contribution in [0.25, 0.3) is 0 Å². The molecule has 0 bridgehead atoms. The maximum absolute atomic E-state index is 12.2. The highest BCUT2D eigenvalue weighted by atomic mass is 16.7. The molecule has 108 valence electrons. The van der Waals surface area contributed by atoms with Gasteiger partial charge >= 0.3 is 5.97 Å². The largest absolute Gasteiger partial charge is 0.478 e. The number of rotatable bonds is 4. The van der Waals surface area contributed by atoms with E-state index in [1.807, 2.05) is 0 Å². The van der Waals surface area contributed by atoms with Crippen molar-refractivity contribution in [3.05, 3.63) is 34.4 Å². The molecule has 0 heterocycles. The molecule has 0 atom stereocenters. The van der Waals surface area contributed by atoms with Crippen LogP contribution in [0.4, 0.5) is 0 Å². The number of carboxylic acid groups (broad SMARTS) is 1. The van der Waals surface area contributed by atoms with Crippen LogP contribution in [0, 0.1) is 13.8 Å². The minimum absolute atomic E-state index is 0.0392. The zero-order valence-corrected chi connectivity index (χ0v) is 11.7. The first-order valence-corrected chi connectivity index (χ1v) is 6.80. The van der Waals surface area contributed by atoms with E-state index in [4.69, 9.17) is 4.84 Å². The summed E-state index contributed by atoms with van der Waals surface area (Å²) in [6.07, 6.45) is 4.10. The van der Waals surface area contributed by atoms with Crippen LogP contribution < -0.4 is 5.48 Å². The summed E-state index contributed by atoms with van der Waals surface area (Å²) in [5.74, 6) is -1.59. The summed E-state index contributed by atoms with van der Waals surface area (Å²) in [5, 5.41) is 9.28. The van der Waals surface area contributed by atoms with Gasteiger partial charge in [0.05, 0.1) is 17.2 Å². The average Bonchev–Trinajstić information content (AvgIpc) is 2.91. The number of carboxylic acids is 1. The Morgan fingerprint density at radius 1 is 1.15 bits per heavy atom. The number of nitrogens with one attached hydrogen (secondary N) is 1. The van der Waals surface area contributed by atoms with Gasteiger partial charge in [0.15, 0.2) is 0 Å². The van der Waals surface area contributed by atoms with E-state index >= 15 is 0 Å². The van der Waals surface area contributed by atoms with Crippen LogP contribution >= 0.6 is 0 Å². The van der Waals surface area contributed by atoms with Gasteiger partial charge < -0.3 is 5.11 Å². The molecule has 1 saturated carbocycles. The molecule has 0 unspecified atom stereocenters. The Kier molecular flexibility index (Phi) is 4.39. The van der Waals surface area contributed by atoms with E-state index in [1.165, 1.54) is 0 Å². The molecule has 5 heteroatoms. The molecule has 5 nitrogen and oxygen atoms in total. The van der Waals surface area contributed by atoms with Crippen LogP contribution in [0.2, 0.25) is 0 Å². The van der Waals surface area contributed by atoms with Crippen molar-refractivity contribution in [3.8, 4) is 0 Å². The Morgan fingerprint density at radius 2 is 1.70 bits per heavy atom. The predicted octanol–water partition coefficient (Wildman–Crippen LogP) is 2.61. The van der Waals surface area contributed by atoms with E-state index in [0.29, 0.717) is 11.1 Å². The summed E-state index contributed by atoms with van der Waals surface area (Å²) < 4.78 is 0. The zero-order chi connectivity index (χ0) is 14.7. The van der Waals surface area contributed by atoms with Gasteiger partial charge in [0.1, 0.15) is 0 Å². The predicted molar refractivity (Wildman–Crippen MR) is 73.7 cm³/mol. The lowest BCUT2D eigenvalue weighted by molar-refractivity contribution is -0.0126. The van der Waals surface area contributed by atoms with Gasteiger partial charge in [-0.1, -0.05) is 25.0 Å². The first-order chi connectivity index (χ1) is 9.50. The van der Waals surface area contributed by atoms with Crippen LogP contribution in [-0.2, 0) is 4.84 Å². The van der Waals surface area contributed by atoms with Gasteiger partial charge in [-0.25, -0.2) is 10.3 Å². The topological polar surface area (TPSA) is 75.6 Å². The molecule has 1 aliphatic rings. The van der Waals surface area contributed by atoms with E-state index in [1.54, 1.807) is 26.0 Å². The lowest BCUT2D eigenvalue weighted by Crippen LogP contribution is -2.30. The van der Waals surface area contributed by atoms with Crippen molar-refractivity contribution in [2.75, 3.05) is 0 Å². The molecule has 20 heavy (non-hydrogen) atoms. The first kappa shape index (κ1) is 14.5. The number of benzene rings is 1. The Bertz CT molecular complexity index is 533. The van der Waals surface area contributed by atoms with Gasteiger partial charge in [0.2, 0.25) is 0 Å². The van der Waals surface area contributed by atoms with Crippen LogP contribution in [0.3, 0.4) is 0 Å². The summed E-state index contributed by atoms with van der Waals surface area (Å²) in [6, 6.07) is 3.44. The molecule has 0 aromatic heterocycles. The van der Waals surface area contributed by atoms with Crippen molar-refractivity contribution >= 4 is 11.9 Å². The molecule has 1 amide bonds. The van der Waals surface area contributed by atoms with Crippen molar-refractivity contribution in [2.24, 2.45) is 0 Å². The molecule has 0 radical (unpaired) electrons. The van der Waals surface area contributed by atoms with E-state index in [9.17, 15) is 14.7 Å². The Labute approximate surface area is 117 Å². The summed E-state index contributed by atoms with van der Waals surface area (Å²) in [7, 11) is 0. The molecule has 0 saturated heterocycles. The third kappa shape index (κ3) is 2.99. The lowest BCUT2D eigenvalue weighted by atomic mass is 9.97. The summed E-state index contributed by atoms with van der Waals surface area (Å²) in [5.41, 5.74) is 3.81. The van der Waals surface area contributed by atoms with Crippen molar-refractivity contribution in [1.29, 1.82) is 0 Å². The van der Waals surface area contributed by atoms with Gasteiger partial charge in [-0.05, 0) is 37.8 Å². The average molecular weight is 277 g/mol. The highest BCUT2D eigenvalue weighted by molar-refractivity contribution is 6.06. The van der Waals surface area contributed by atoms with Crippen LogP contribution in [0.5, 0.6) is 0 Å². The van der Waals surface area contributed by atoms with Crippen LogP contribution in [-0.4, -0.2) is 23.1 Å². The highest BCUT2D eigenvalue weighted by Gasteiger charge is 2.23. The highest BCUT2D eigenvalue weighted by Crippen LogP contribution is 2.21. The molecule has 1 aromatic carbocycles. The van der Waals surface area contributed by atoms with Crippen molar-refractivity contribution < 1.29 is 19.5 Å². The maximum Gasteiger partial charge on any atom is 0.336 e. The number of hydroxylamine groups is 1. The third-order valence-corrected chi connectivity index (χ3v) is 3.68. The standard InChI is InChI=1S/C15H19NO4/c1-9-7-8-10(2)13(15(18)19)12(9)14(17)16-20-11-5-3-4-6-11/h7-8,11H,3-6H2,1-2H3,(H,16,17)(H,18,19). The van der Waals surface area contributed by atoms with Gasteiger partial charge in [0.25, 0.3) is 5.91 Å². The van der Waals surface area contributed by atoms with Crippen LogP contribution in [0.1, 0.15) is 57.5 Å². The molecule has 1 fully saturated rings. The molecule has 1 aromatic rings. The Hall–Kier alpha value is -1.88. The molecule has 2 N–H and O–H groups in total. The van der Waals surface area contributed by atoms with Gasteiger partial charge in [-0.3, -0.25) is 9.63 Å². The summed E-state index contributed by atoms with van der Waals surface area (Å²) >= 11 is 0. The number of carbonyl (C=O) groups excluding carboxylic acids is 1. The van der Waals surface area contributed by atoms with Gasteiger partial charge in [0, 0.05) is 0 Å². The van der Waals surface area contributed by atoms with E-state index in [2.05, 4.69) is 5.48 Å². The van der Waals surface area contributed by atoms with E-state index in [-0.39, 0.29) is 17.2 Å². The molecule has 0 spiro atoms. The summed E-state index contributed by atoms with van der Waals surface area (Å²) in [6.45, 7) is 3.40. The van der Waals surface area contributed by atoms with Crippen molar-refractivity contribution in [3.63, 3.8) is 0 Å². The lowest BCUT2D eigenvalue weighted by Gasteiger charge is -2.15. The smallest absolute Gasteiger partial charge is 0.336 e. The first-order valence-electron chi connectivity index (χ1n) is 6.80. The second-order valence-electron chi connectivity index (χ2n) is 5.21. The van der Waals surface area contributed by atoms with E-state index < -0.39 is 11.9 Å². The minimum atomic E-state index is -1.10. The number of aromatic carboxylic acids is 1. The quantitative estimate of drug-likeness (QED) is 0.829. The molecular weight excluding hydrogens is 258 g/mol. The second kappa shape index (κ2) is 6.05. The fourth-order valence-electron chi connectivity index (χ4n) is 2.57. The number of hydrogen-bond acceptors (Lipinski definition) is 3. The monoisotopic (exact) mass is 277 g/mol. The molecule has 1 aliphatic carbocycles. The maximum atomic E-state index is 12.2. The number of hydrogen-bond donors (Lipinski definition) is 2. The van der Waals surface area contributed by atoms with E-state index in [0.717, 1.165) is 25.7 Å². The zero-order valence-electron chi connectivity index (χ0n) is 11.7. The normalized spacial score (nSPS) is 15.3. The third-order valence-electron chi connectivity index (χ3n) is 3.68. The summed E-state index contributed by atoms with van der Waals surface area (Å²) in [4.78, 5) is 28.9. The SMILES string of the molecule is Cc1ccc(C)c(C(=O)NOC2CCCC2)c1C(=O)O. The fraction of sp³-hybridized carbons (Fsp3) is 0.467. The fourth-order valence-corrected chi connectivity index (χ4v) is 2.57. The Balaban J connectivity index is 2.19. The molecule has 2 rings (SSSR count). The number of carbonyl (C=O) groups is 2. The Morgan fingerprint density at radius 3 is 2.25 bits per heavy atom. The van der Waals surface area contributed by atoms with Crippen molar-refractivity contribution in [1.82, 2.24) is 5.48 Å². The van der Waals surface area contributed by atoms with Crippen molar-refractivity contribution in [2.45, 2.75) is 45.6 Å². The number of amides is 1. The van der Waals surface area contributed by atoms with Gasteiger partial charge in [-0.2, -0.15) is 0 Å². The molecule has 0 aliphatic heterocycles. The van der Waals surface area contributed by atoms with Gasteiger partial charge in [-0.15, -0.1) is 0 Å². The number of aryl methyl sites for hydroxylation is 2. The molecular formula is C15H19NO4.